The van der Waals surface area contributed by atoms with Crippen LogP contribution in [0.2, 0.25) is 0 Å². The second-order valence-corrected chi connectivity index (χ2v) is 5.79. The molecule has 2 atom stereocenters. The van der Waals surface area contributed by atoms with Gasteiger partial charge in [0.2, 0.25) is 0 Å². The van der Waals surface area contributed by atoms with Gasteiger partial charge in [0.05, 0.1) is 12.1 Å². The van der Waals surface area contributed by atoms with Crippen molar-refractivity contribution in [3.63, 3.8) is 0 Å². The second kappa shape index (κ2) is 3.61. The van der Waals surface area contributed by atoms with Crippen LogP contribution in [0.1, 0.15) is 44.0 Å². The molecule has 0 saturated heterocycles. The van der Waals surface area contributed by atoms with E-state index in [0.717, 1.165) is 0 Å². The summed E-state index contributed by atoms with van der Waals surface area (Å²) in [5.74, 6) is 0. The smallest absolute Gasteiger partial charge is 0.411 e. The van der Waals surface area contributed by atoms with Gasteiger partial charge in [0.25, 0.3) is 0 Å². The van der Waals surface area contributed by atoms with Gasteiger partial charge in [0, 0.05) is 0 Å². The van der Waals surface area contributed by atoms with Crippen LogP contribution in [-0.2, 0) is 4.74 Å². The number of fused-ring (bicyclic) bond motifs is 5. The molecule has 1 aromatic rings. The average Bonchev–Trinajstić information content (AvgIpc) is 2.83. The summed E-state index contributed by atoms with van der Waals surface area (Å²) in [5, 5.41) is 0. The Hall–Kier alpha value is -1.77. The van der Waals surface area contributed by atoms with Crippen molar-refractivity contribution in [1.82, 2.24) is 4.90 Å². The number of carbonyl (C=O) groups is 1. The molecular formula is C15H17NO2. The quantitative estimate of drug-likeness (QED) is 0.652. The second-order valence-electron chi connectivity index (χ2n) is 5.79. The number of rotatable bonds is 0. The molecule has 0 spiro atoms. The molecule has 3 heteroatoms. The Labute approximate surface area is 107 Å². The van der Waals surface area contributed by atoms with Crippen LogP contribution in [0.3, 0.4) is 0 Å². The molecule has 0 aromatic heterocycles. The zero-order valence-electron chi connectivity index (χ0n) is 10.9. The van der Waals surface area contributed by atoms with Crippen LogP contribution in [0.15, 0.2) is 36.4 Å². The van der Waals surface area contributed by atoms with Crippen LogP contribution in [0.5, 0.6) is 0 Å². The Kier molecular flexibility index (Phi) is 2.27. The fraction of sp³-hybridized carbons (Fsp3) is 0.400. The normalized spacial score (nSPS) is 24.3. The van der Waals surface area contributed by atoms with E-state index in [0.29, 0.717) is 0 Å². The molecule has 18 heavy (non-hydrogen) atoms. The summed E-state index contributed by atoms with van der Waals surface area (Å²) in [6, 6.07) is 8.28. The van der Waals surface area contributed by atoms with Gasteiger partial charge >= 0.3 is 6.09 Å². The number of hydrogen-bond acceptors (Lipinski definition) is 2. The largest absolute Gasteiger partial charge is 0.444 e. The van der Waals surface area contributed by atoms with Crippen LogP contribution in [-0.4, -0.2) is 16.6 Å². The predicted molar refractivity (Wildman–Crippen MR) is 69.1 cm³/mol. The Balaban J connectivity index is 1.89. The van der Waals surface area contributed by atoms with E-state index in [-0.39, 0.29) is 18.2 Å². The third kappa shape index (κ3) is 1.62. The number of benzene rings is 1. The summed E-state index contributed by atoms with van der Waals surface area (Å²) < 4.78 is 5.48. The van der Waals surface area contributed by atoms with Crippen LogP contribution < -0.4 is 0 Å². The third-order valence-electron chi connectivity index (χ3n) is 3.31. The molecule has 0 radical (unpaired) electrons. The van der Waals surface area contributed by atoms with Crippen LogP contribution >= 0.6 is 0 Å². The highest BCUT2D eigenvalue weighted by atomic mass is 16.6. The number of ether oxygens (including phenoxy) is 1. The molecule has 0 saturated carbocycles. The first kappa shape index (κ1) is 11.3. The lowest BCUT2D eigenvalue weighted by Crippen LogP contribution is -2.35. The standard InChI is InChI=1S/C15H17NO2/c1-15(2,3)18-14(17)16-12-8-9-13(16)11-7-5-4-6-10(11)12/h4-9,12-13H,1-3H3/t12-,13+. The molecule has 0 unspecified atom stereocenters. The first-order valence-electron chi connectivity index (χ1n) is 6.26. The van der Waals surface area contributed by atoms with E-state index in [1.165, 1.54) is 11.1 Å². The van der Waals surface area contributed by atoms with E-state index in [2.05, 4.69) is 24.3 Å². The highest BCUT2D eigenvalue weighted by molar-refractivity contribution is 5.73. The Morgan fingerprint density at radius 3 is 2.06 bits per heavy atom. The highest BCUT2D eigenvalue weighted by Gasteiger charge is 2.44. The number of carbonyl (C=O) groups excluding carboxylic acids is 1. The van der Waals surface area contributed by atoms with Gasteiger partial charge in [-0.1, -0.05) is 36.4 Å². The zero-order chi connectivity index (χ0) is 12.9. The minimum absolute atomic E-state index is 0.0426. The van der Waals surface area contributed by atoms with Crippen molar-refractivity contribution in [3.8, 4) is 0 Å². The lowest BCUT2D eigenvalue weighted by Gasteiger charge is -2.27. The van der Waals surface area contributed by atoms with Crippen molar-refractivity contribution in [3.05, 3.63) is 47.5 Å². The minimum atomic E-state index is -0.453. The van der Waals surface area contributed by atoms with Gasteiger partial charge in [-0.25, -0.2) is 4.79 Å². The highest BCUT2D eigenvalue weighted by Crippen LogP contribution is 2.48. The molecular weight excluding hydrogens is 226 g/mol. The van der Waals surface area contributed by atoms with Gasteiger partial charge in [0.1, 0.15) is 5.60 Å². The first-order valence-corrected chi connectivity index (χ1v) is 6.26. The van der Waals surface area contributed by atoms with Gasteiger partial charge in [0.15, 0.2) is 0 Å². The van der Waals surface area contributed by atoms with E-state index >= 15 is 0 Å². The molecule has 2 heterocycles. The van der Waals surface area contributed by atoms with Crippen molar-refractivity contribution in [2.24, 2.45) is 0 Å². The van der Waals surface area contributed by atoms with Crippen LogP contribution in [0.25, 0.3) is 0 Å². The van der Waals surface area contributed by atoms with E-state index in [1.54, 1.807) is 0 Å². The molecule has 0 fully saturated rings. The maximum atomic E-state index is 12.3. The Bertz CT molecular complexity index is 495. The van der Waals surface area contributed by atoms with Gasteiger partial charge in [-0.05, 0) is 31.9 Å². The zero-order valence-corrected chi connectivity index (χ0v) is 10.9. The van der Waals surface area contributed by atoms with Gasteiger partial charge < -0.3 is 4.74 Å². The maximum absolute atomic E-state index is 12.3. The van der Waals surface area contributed by atoms with E-state index in [9.17, 15) is 4.79 Å². The molecule has 2 aliphatic heterocycles. The van der Waals surface area contributed by atoms with Crippen molar-refractivity contribution in [2.45, 2.75) is 38.5 Å². The van der Waals surface area contributed by atoms with Crippen molar-refractivity contribution in [2.75, 3.05) is 0 Å². The molecule has 1 amide bonds. The molecule has 2 bridgehead atoms. The van der Waals surface area contributed by atoms with E-state index < -0.39 is 5.60 Å². The summed E-state index contributed by atoms with van der Waals surface area (Å²) in [4.78, 5) is 14.1. The molecule has 1 aromatic carbocycles. The van der Waals surface area contributed by atoms with Crippen LogP contribution in [0.4, 0.5) is 4.79 Å². The molecule has 0 N–H and O–H groups in total. The number of nitrogens with zero attached hydrogens (tertiary/aromatic N) is 1. The van der Waals surface area contributed by atoms with Gasteiger partial charge in [-0.2, -0.15) is 0 Å². The number of amides is 1. The Morgan fingerprint density at radius 2 is 1.61 bits per heavy atom. The lowest BCUT2D eigenvalue weighted by atomic mass is 9.97. The van der Waals surface area contributed by atoms with E-state index in [1.807, 2.05) is 37.8 Å². The molecule has 0 aliphatic carbocycles. The van der Waals surface area contributed by atoms with Gasteiger partial charge in [-0.3, -0.25) is 4.90 Å². The summed E-state index contributed by atoms with van der Waals surface area (Å²) >= 11 is 0. The molecule has 2 aliphatic rings. The fourth-order valence-electron chi connectivity index (χ4n) is 2.67. The molecule has 3 nitrogen and oxygen atoms in total. The fourth-order valence-corrected chi connectivity index (χ4v) is 2.67. The Morgan fingerprint density at radius 1 is 1.11 bits per heavy atom. The SMILES string of the molecule is CC(C)(C)OC(=O)N1[C@@H]2C=C[C@H]1c1ccccc12. The molecule has 3 rings (SSSR count). The minimum Gasteiger partial charge on any atom is -0.444 e. The topological polar surface area (TPSA) is 29.5 Å². The summed E-state index contributed by atoms with van der Waals surface area (Å²) in [6.45, 7) is 5.68. The first-order chi connectivity index (χ1) is 8.47. The predicted octanol–water partition coefficient (Wildman–Crippen LogP) is 3.59. The number of hydrogen-bond donors (Lipinski definition) is 0. The maximum Gasteiger partial charge on any atom is 0.411 e. The van der Waals surface area contributed by atoms with Crippen molar-refractivity contribution in [1.29, 1.82) is 0 Å². The van der Waals surface area contributed by atoms with Crippen molar-refractivity contribution < 1.29 is 9.53 Å². The third-order valence-corrected chi connectivity index (χ3v) is 3.31. The monoisotopic (exact) mass is 243 g/mol. The average molecular weight is 243 g/mol. The lowest BCUT2D eigenvalue weighted by molar-refractivity contribution is 0.0196. The van der Waals surface area contributed by atoms with Gasteiger partial charge in [-0.15, -0.1) is 0 Å². The summed E-state index contributed by atoms with van der Waals surface area (Å²) in [6.07, 6.45) is 3.92. The summed E-state index contributed by atoms with van der Waals surface area (Å²) in [5.41, 5.74) is 1.98. The summed E-state index contributed by atoms with van der Waals surface area (Å²) in [7, 11) is 0. The van der Waals surface area contributed by atoms with Crippen LogP contribution in [0, 0.1) is 0 Å². The molecule has 94 valence electrons. The van der Waals surface area contributed by atoms with Crippen molar-refractivity contribution >= 4 is 6.09 Å². The van der Waals surface area contributed by atoms with E-state index in [4.69, 9.17) is 4.74 Å².